The van der Waals surface area contributed by atoms with E-state index in [0.717, 1.165) is 0 Å². The zero-order valence-corrected chi connectivity index (χ0v) is 11.3. The van der Waals surface area contributed by atoms with Crippen LogP contribution in [0.2, 0.25) is 0 Å². The van der Waals surface area contributed by atoms with Crippen LogP contribution in [-0.4, -0.2) is 20.4 Å². The maximum Gasteiger partial charge on any atom is 0.203 e. The fourth-order valence-corrected chi connectivity index (χ4v) is 1.80. The van der Waals surface area contributed by atoms with Gasteiger partial charge in [-0.3, -0.25) is 0 Å². The number of thiol groups is 2. The molecule has 0 aliphatic carbocycles. The summed E-state index contributed by atoms with van der Waals surface area (Å²) >= 11 is 10.3. The van der Waals surface area contributed by atoms with Gasteiger partial charge in [0, 0.05) is 17.1 Å². The van der Waals surface area contributed by atoms with E-state index in [0.29, 0.717) is 18.9 Å². The minimum absolute atomic E-state index is 0. The van der Waals surface area contributed by atoms with Crippen molar-refractivity contribution in [1.82, 2.24) is 20.4 Å². The van der Waals surface area contributed by atoms with Gasteiger partial charge < -0.3 is 11.5 Å². The molecule has 0 fully saturated rings. The predicted octanol–water partition coefficient (Wildman–Crippen LogP) is 0.815. The van der Waals surface area contributed by atoms with Crippen molar-refractivity contribution in [2.24, 2.45) is 0 Å². The molecule has 2 rings (SSSR count). The largest absolute Gasteiger partial charge is 0.374 e. The average molecular weight is 330 g/mol. The van der Waals surface area contributed by atoms with Crippen LogP contribution < -0.4 is 11.5 Å². The molecular weight excluding hydrogens is 324 g/mol. The first kappa shape index (κ1) is 14.9. The van der Waals surface area contributed by atoms with E-state index < -0.39 is 0 Å². The van der Waals surface area contributed by atoms with E-state index >= 15 is 0 Å². The summed E-state index contributed by atoms with van der Waals surface area (Å²) in [5, 5.41) is 14.9. The Morgan fingerprint density at radius 2 is 1.13 bits per heavy atom. The van der Waals surface area contributed by atoms with Gasteiger partial charge in [-0.25, -0.2) is 0 Å². The smallest absolute Gasteiger partial charge is 0.203 e. The van der Waals surface area contributed by atoms with Crippen LogP contribution in [-0.2, 0) is 17.1 Å². The van der Waals surface area contributed by atoms with Gasteiger partial charge in [0.15, 0.2) is 8.68 Å². The zero-order valence-electron chi connectivity index (χ0n) is 6.96. The molecule has 0 amide bonds. The molecule has 0 aromatic carbocycles. The molecular formula is C4H6CuN6S4. The first-order chi connectivity index (χ1) is 6.58. The zero-order chi connectivity index (χ0) is 10.6. The third-order valence-electron chi connectivity index (χ3n) is 0.860. The maximum atomic E-state index is 5.17. The minimum Gasteiger partial charge on any atom is -0.374 e. The molecule has 0 spiro atoms. The Labute approximate surface area is 115 Å². The second-order valence-electron chi connectivity index (χ2n) is 1.85. The van der Waals surface area contributed by atoms with Gasteiger partial charge in [0.05, 0.1) is 0 Å². The van der Waals surface area contributed by atoms with Gasteiger partial charge in [-0.1, -0.05) is 22.7 Å². The van der Waals surface area contributed by atoms with Gasteiger partial charge in [0.2, 0.25) is 10.3 Å². The number of hydrogen-bond acceptors (Lipinski definition) is 10. The van der Waals surface area contributed by atoms with Crippen LogP contribution in [0.15, 0.2) is 8.68 Å². The van der Waals surface area contributed by atoms with Crippen molar-refractivity contribution in [2.45, 2.75) is 8.68 Å². The van der Waals surface area contributed by atoms with Crippen LogP contribution in [0.4, 0.5) is 10.3 Å². The van der Waals surface area contributed by atoms with Crippen LogP contribution in [0.25, 0.3) is 0 Å². The van der Waals surface area contributed by atoms with Gasteiger partial charge >= 0.3 is 0 Å². The number of nitrogen functional groups attached to an aromatic ring is 2. The fourth-order valence-electron chi connectivity index (χ4n) is 0.453. The van der Waals surface area contributed by atoms with Gasteiger partial charge in [0.25, 0.3) is 0 Å². The standard InChI is InChI=1S/2C2H3N3S2.Cu/c2*3-1-4-5-2(6)7-1;/h2*(H2,3,4)(H,5,6);. The van der Waals surface area contributed by atoms with Crippen LogP contribution in [0, 0.1) is 0 Å². The van der Waals surface area contributed by atoms with E-state index in [2.05, 4.69) is 45.7 Å². The summed E-state index contributed by atoms with van der Waals surface area (Å²) in [6.07, 6.45) is 0. The molecule has 2 aromatic heterocycles. The monoisotopic (exact) mass is 329 g/mol. The Morgan fingerprint density at radius 1 is 0.800 bits per heavy atom. The number of aromatic nitrogens is 4. The third-order valence-corrected chi connectivity index (χ3v) is 2.70. The van der Waals surface area contributed by atoms with E-state index in [4.69, 9.17) is 11.5 Å². The van der Waals surface area contributed by atoms with Gasteiger partial charge in [0.1, 0.15) is 0 Å². The Balaban J connectivity index is 0.000000245. The molecule has 0 saturated heterocycles. The first-order valence-corrected chi connectivity index (χ1v) is 5.66. The first-order valence-electron chi connectivity index (χ1n) is 3.14. The second-order valence-corrected chi connectivity index (χ2v) is 5.32. The van der Waals surface area contributed by atoms with Crippen LogP contribution in [0.3, 0.4) is 0 Å². The molecule has 0 atom stereocenters. The van der Waals surface area contributed by atoms with Gasteiger partial charge in [-0.15, -0.1) is 45.7 Å². The van der Waals surface area contributed by atoms with Crippen LogP contribution >= 0.6 is 47.9 Å². The van der Waals surface area contributed by atoms with E-state index in [1.165, 1.54) is 22.7 Å². The Morgan fingerprint density at radius 3 is 1.20 bits per heavy atom. The summed E-state index contributed by atoms with van der Waals surface area (Å²) in [6.45, 7) is 0. The van der Waals surface area contributed by atoms with Gasteiger partial charge in [-0.2, -0.15) is 0 Å². The van der Waals surface area contributed by atoms with Crippen molar-refractivity contribution < 1.29 is 17.1 Å². The number of nitrogens with two attached hydrogens (primary N) is 2. The second kappa shape index (κ2) is 7.25. The van der Waals surface area contributed by atoms with Crippen molar-refractivity contribution in [1.29, 1.82) is 0 Å². The molecule has 15 heavy (non-hydrogen) atoms. The van der Waals surface area contributed by atoms with E-state index in [1.807, 2.05) is 0 Å². The van der Waals surface area contributed by atoms with E-state index in [9.17, 15) is 0 Å². The van der Waals surface area contributed by atoms with E-state index in [-0.39, 0.29) is 17.1 Å². The molecule has 0 unspecified atom stereocenters. The molecule has 0 aliphatic heterocycles. The number of hydrogen-bond donors (Lipinski definition) is 4. The summed E-state index contributed by atoms with van der Waals surface area (Å²) in [7, 11) is 0. The molecule has 6 nitrogen and oxygen atoms in total. The molecule has 2 heterocycles. The van der Waals surface area contributed by atoms with Crippen molar-refractivity contribution in [2.75, 3.05) is 11.5 Å². The summed E-state index contributed by atoms with van der Waals surface area (Å²) in [6, 6.07) is 0. The number of anilines is 2. The molecule has 1 radical (unpaired) electrons. The van der Waals surface area contributed by atoms with Crippen molar-refractivity contribution in [3.05, 3.63) is 0 Å². The molecule has 0 bridgehead atoms. The maximum absolute atomic E-state index is 5.17. The minimum atomic E-state index is 0. The number of nitrogens with zero attached hydrogens (tertiary/aromatic N) is 4. The summed E-state index contributed by atoms with van der Waals surface area (Å²) in [4.78, 5) is 0. The van der Waals surface area contributed by atoms with E-state index in [1.54, 1.807) is 0 Å². The fraction of sp³-hybridized carbons (Fsp3) is 0. The molecule has 87 valence electrons. The van der Waals surface area contributed by atoms with Crippen molar-refractivity contribution in [3.63, 3.8) is 0 Å². The Kier molecular flexibility index (Phi) is 7.22. The molecule has 2 aromatic rings. The van der Waals surface area contributed by atoms with Crippen molar-refractivity contribution >= 4 is 58.2 Å². The SMILES string of the molecule is Nc1nnc(S)s1.Nc1nnc(S)s1.[Cu]. The molecule has 4 N–H and O–H groups in total. The summed E-state index contributed by atoms with van der Waals surface area (Å²) in [5.41, 5.74) is 10.3. The van der Waals surface area contributed by atoms with Gasteiger partial charge in [-0.05, 0) is 0 Å². The van der Waals surface area contributed by atoms with Crippen molar-refractivity contribution in [3.8, 4) is 0 Å². The van der Waals surface area contributed by atoms with Crippen LogP contribution in [0.5, 0.6) is 0 Å². The molecule has 0 saturated carbocycles. The Bertz CT molecular complexity index is 330. The third kappa shape index (κ3) is 6.17. The molecule has 0 aliphatic rings. The Hall–Kier alpha value is -0.0605. The average Bonchev–Trinajstić information content (AvgIpc) is 2.63. The quantitative estimate of drug-likeness (QED) is 0.421. The topological polar surface area (TPSA) is 104 Å². The molecule has 11 heteroatoms. The summed E-state index contributed by atoms with van der Waals surface area (Å²) < 4.78 is 1.22. The predicted molar refractivity (Wildman–Crippen MR) is 63.1 cm³/mol. The normalized spacial score (nSPS) is 8.67. The van der Waals surface area contributed by atoms with Crippen LogP contribution in [0.1, 0.15) is 0 Å². The number of rotatable bonds is 0. The summed E-state index contributed by atoms with van der Waals surface area (Å²) in [5.74, 6) is 0.